The first-order valence-electron chi connectivity index (χ1n) is 7.84. The van der Waals surface area contributed by atoms with Crippen molar-refractivity contribution < 1.29 is 9.53 Å². The highest BCUT2D eigenvalue weighted by molar-refractivity contribution is 5.76. The largest absolute Gasteiger partial charge is 0.496 e. The number of rotatable bonds is 7. The van der Waals surface area contributed by atoms with Crippen LogP contribution < -0.4 is 10.1 Å². The van der Waals surface area contributed by atoms with Crippen LogP contribution in [0.5, 0.6) is 5.75 Å². The third-order valence-corrected chi connectivity index (χ3v) is 4.17. The van der Waals surface area contributed by atoms with Gasteiger partial charge in [-0.3, -0.25) is 4.79 Å². The van der Waals surface area contributed by atoms with Crippen LogP contribution in [-0.4, -0.2) is 38.6 Å². The van der Waals surface area contributed by atoms with Crippen molar-refractivity contribution in [2.24, 2.45) is 5.92 Å². The van der Waals surface area contributed by atoms with Crippen molar-refractivity contribution in [3.63, 3.8) is 0 Å². The molecule has 0 heterocycles. The molecule has 2 rings (SSSR count). The zero-order valence-corrected chi connectivity index (χ0v) is 13.7. The molecule has 1 aromatic carbocycles. The fraction of sp³-hybridized carbons (Fsp3) is 0.500. The topological polar surface area (TPSA) is 41.6 Å². The van der Waals surface area contributed by atoms with Gasteiger partial charge >= 0.3 is 0 Å². The Balaban J connectivity index is 1.97. The number of ether oxygens (including phenoxy) is 1. The van der Waals surface area contributed by atoms with Crippen LogP contribution in [0, 0.1) is 5.92 Å². The van der Waals surface area contributed by atoms with E-state index < -0.39 is 0 Å². The van der Waals surface area contributed by atoms with Gasteiger partial charge in [0.2, 0.25) is 5.91 Å². The van der Waals surface area contributed by atoms with E-state index >= 15 is 0 Å². The number of para-hydroxylation sites is 1. The van der Waals surface area contributed by atoms with Crippen molar-refractivity contribution >= 4 is 5.91 Å². The molecular weight excluding hydrogens is 276 g/mol. The van der Waals surface area contributed by atoms with Crippen molar-refractivity contribution in [3.8, 4) is 5.75 Å². The highest BCUT2D eigenvalue weighted by Crippen LogP contribution is 2.27. The molecule has 0 aromatic heterocycles. The lowest BCUT2D eigenvalue weighted by atomic mass is 10.0. The third kappa shape index (κ3) is 4.34. The quantitative estimate of drug-likeness (QED) is 0.788. The van der Waals surface area contributed by atoms with Gasteiger partial charge in [-0.1, -0.05) is 30.4 Å². The van der Waals surface area contributed by atoms with Crippen molar-refractivity contribution in [1.29, 1.82) is 0 Å². The summed E-state index contributed by atoms with van der Waals surface area (Å²) >= 11 is 0. The lowest BCUT2D eigenvalue weighted by Gasteiger charge is -2.26. The summed E-state index contributed by atoms with van der Waals surface area (Å²) in [7, 11) is 5.71. The summed E-state index contributed by atoms with van der Waals surface area (Å²) in [4.78, 5) is 14.2. The number of amides is 1. The Morgan fingerprint density at radius 2 is 2.18 bits per heavy atom. The molecule has 0 fully saturated rings. The fourth-order valence-electron chi connectivity index (χ4n) is 2.90. The summed E-state index contributed by atoms with van der Waals surface area (Å²) in [6.45, 7) is 0.586. The average molecular weight is 302 g/mol. The first kappa shape index (κ1) is 16.6. The second-order valence-corrected chi connectivity index (χ2v) is 6.00. The van der Waals surface area contributed by atoms with E-state index in [-0.39, 0.29) is 11.9 Å². The number of benzene rings is 1. The van der Waals surface area contributed by atoms with Gasteiger partial charge in [0.1, 0.15) is 5.75 Å². The SMILES string of the molecule is COc1ccccc1C(CNC(=O)CC1C=CCC1)N(C)C. The minimum absolute atomic E-state index is 0.0965. The highest BCUT2D eigenvalue weighted by atomic mass is 16.5. The molecule has 4 nitrogen and oxygen atoms in total. The Labute approximate surface area is 133 Å². The van der Waals surface area contributed by atoms with Gasteiger partial charge in [0.25, 0.3) is 0 Å². The fourth-order valence-corrected chi connectivity index (χ4v) is 2.90. The maximum atomic E-state index is 12.1. The van der Waals surface area contributed by atoms with Gasteiger partial charge in [0.15, 0.2) is 0 Å². The second-order valence-electron chi connectivity index (χ2n) is 6.00. The van der Waals surface area contributed by atoms with Gasteiger partial charge in [0.05, 0.1) is 13.2 Å². The maximum Gasteiger partial charge on any atom is 0.220 e. The second kappa shape index (κ2) is 7.99. The van der Waals surface area contributed by atoms with Crippen LogP contribution in [0.1, 0.15) is 30.9 Å². The molecule has 120 valence electrons. The summed E-state index contributed by atoms with van der Waals surface area (Å²) in [6, 6.07) is 8.06. The molecule has 2 atom stereocenters. The number of allylic oxidation sites excluding steroid dienone is 2. The van der Waals surface area contributed by atoms with Crippen molar-refractivity contribution in [2.75, 3.05) is 27.7 Å². The van der Waals surface area contributed by atoms with E-state index in [4.69, 9.17) is 4.74 Å². The minimum atomic E-state index is 0.0965. The molecule has 0 spiro atoms. The van der Waals surface area contributed by atoms with Gasteiger partial charge in [-0.05, 0) is 38.9 Å². The Bertz CT molecular complexity index is 526. The first-order chi connectivity index (χ1) is 10.6. The van der Waals surface area contributed by atoms with Crippen LogP contribution in [0.15, 0.2) is 36.4 Å². The zero-order valence-electron chi connectivity index (χ0n) is 13.7. The predicted octanol–water partition coefficient (Wildman–Crippen LogP) is 2.77. The molecule has 1 aliphatic carbocycles. The number of nitrogens with zero attached hydrogens (tertiary/aromatic N) is 1. The molecular formula is C18H26N2O2. The molecule has 1 N–H and O–H groups in total. The monoisotopic (exact) mass is 302 g/mol. The van der Waals surface area contributed by atoms with E-state index in [1.54, 1.807) is 7.11 Å². The summed E-state index contributed by atoms with van der Waals surface area (Å²) in [5.74, 6) is 1.39. The van der Waals surface area contributed by atoms with Crippen molar-refractivity contribution in [1.82, 2.24) is 10.2 Å². The van der Waals surface area contributed by atoms with Gasteiger partial charge in [-0.2, -0.15) is 0 Å². The number of hydrogen-bond acceptors (Lipinski definition) is 3. The Kier molecular flexibility index (Phi) is 6.01. The van der Waals surface area contributed by atoms with Crippen molar-refractivity contribution in [3.05, 3.63) is 42.0 Å². The molecule has 0 aliphatic heterocycles. The van der Waals surface area contributed by atoms with Crippen LogP contribution in [0.25, 0.3) is 0 Å². The summed E-state index contributed by atoms with van der Waals surface area (Å²) in [5.41, 5.74) is 1.09. The van der Waals surface area contributed by atoms with Crippen LogP contribution >= 0.6 is 0 Å². The zero-order chi connectivity index (χ0) is 15.9. The van der Waals surface area contributed by atoms with E-state index in [2.05, 4.69) is 28.4 Å². The molecule has 0 saturated carbocycles. The van der Waals surface area contributed by atoms with Crippen molar-refractivity contribution in [2.45, 2.75) is 25.3 Å². The number of hydrogen-bond donors (Lipinski definition) is 1. The van der Waals surface area contributed by atoms with Crippen LogP contribution in [0.4, 0.5) is 0 Å². The van der Waals surface area contributed by atoms with E-state index in [1.165, 1.54) is 0 Å². The smallest absolute Gasteiger partial charge is 0.220 e. The van der Waals surface area contributed by atoms with Crippen LogP contribution in [0.3, 0.4) is 0 Å². The Morgan fingerprint density at radius 3 is 2.82 bits per heavy atom. The molecule has 1 amide bonds. The maximum absolute atomic E-state index is 12.1. The predicted molar refractivity (Wildman–Crippen MR) is 88.9 cm³/mol. The van der Waals surface area contributed by atoms with E-state index in [1.807, 2.05) is 32.3 Å². The Morgan fingerprint density at radius 1 is 1.41 bits per heavy atom. The number of methoxy groups -OCH3 is 1. The van der Waals surface area contributed by atoms with Crippen LogP contribution in [-0.2, 0) is 4.79 Å². The number of carbonyl (C=O) groups excluding carboxylic acids is 1. The summed E-state index contributed by atoms with van der Waals surface area (Å²) < 4.78 is 5.44. The lowest BCUT2D eigenvalue weighted by molar-refractivity contribution is -0.121. The number of carbonyl (C=O) groups is 1. The third-order valence-electron chi connectivity index (χ3n) is 4.17. The average Bonchev–Trinajstić information content (AvgIpc) is 3.00. The van der Waals surface area contributed by atoms with Gasteiger partial charge in [-0.25, -0.2) is 0 Å². The Hall–Kier alpha value is -1.81. The number of nitrogens with one attached hydrogen (secondary N) is 1. The molecule has 4 heteroatoms. The van der Waals surface area contributed by atoms with E-state index in [0.29, 0.717) is 18.9 Å². The van der Waals surface area contributed by atoms with Gasteiger partial charge in [-0.15, -0.1) is 0 Å². The van der Waals surface area contributed by atoms with E-state index in [0.717, 1.165) is 24.2 Å². The lowest BCUT2D eigenvalue weighted by Crippen LogP contribution is -2.35. The highest BCUT2D eigenvalue weighted by Gasteiger charge is 2.20. The minimum Gasteiger partial charge on any atom is -0.496 e. The van der Waals surface area contributed by atoms with E-state index in [9.17, 15) is 4.79 Å². The molecule has 2 unspecified atom stereocenters. The summed E-state index contributed by atoms with van der Waals surface area (Å²) in [6.07, 6.45) is 7.09. The molecule has 1 aromatic rings. The molecule has 0 saturated heterocycles. The first-order valence-corrected chi connectivity index (χ1v) is 7.84. The van der Waals surface area contributed by atoms with Gasteiger partial charge < -0.3 is 15.0 Å². The standard InChI is InChI=1S/C18H26N2O2/c1-20(2)16(15-10-6-7-11-17(15)22-3)13-19-18(21)12-14-8-4-5-9-14/h4,6-8,10-11,14,16H,5,9,12-13H2,1-3H3,(H,19,21). The summed E-state index contributed by atoms with van der Waals surface area (Å²) in [5, 5.41) is 3.07. The molecule has 1 aliphatic rings. The van der Waals surface area contributed by atoms with Gasteiger partial charge in [0, 0.05) is 18.5 Å². The molecule has 22 heavy (non-hydrogen) atoms. The molecule has 0 bridgehead atoms. The number of likely N-dealkylation sites (N-methyl/N-ethyl adjacent to an activating group) is 1. The molecule has 0 radical (unpaired) electrons. The normalized spacial score (nSPS) is 18.5. The van der Waals surface area contributed by atoms with Crippen LogP contribution in [0.2, 0.25) is 0 Å².